The van der Waals surface area contributed by atoms with E-state index in [2.05, 4.69) is 16.9 Å². The Labute approximate surface area is 112 Å². The molecule has 104 valence electrons. The van der Waals surface area contributed by atoms with Crippen molar-refractivity contribution in [3.8, 4) is 0 Å². The Morgan fingerprint density at radius 1 is 1.37 bits per heavy atom. The molecule has 6 nitrogen and oxygen atoms in total. The number of likely N-dealkylation sites (tertiary alicyclic amines) is 1. The van der Waals surface area contributed by atoms with Crippen LogP contribution in [-0.4, -0.2) is 47.4 Å². The summed E-state index contributed by atoms with van der Waals surface area (Å²) in [5.74, 6) is 1.27. The molecule has 3 rings (SSSR count). The lowest BCUT2D eigenvalue weighted by atomic mass is 9.95. The number of hydrogen-bond acceptors (Lipinski definition) is 5. The third kappa shape index (κ3) is 2.45. The predicted octanol–water partition coefficient (Wildman–Crippen LogP) is 0.483. The van der Waals surface area contributed by atoms with Crippen LogP contribution in [0.15, 0.2) is 4.42 Å². The van der Waals surface area contributed by atoms with Gasteiger partial charge in [0.05, 0.1) is 6.54 Å². The molecule has 1 aromatic heterocycles. The summed E-state index contributed by atoms with van der Waals surface area (Å²) < 4.78 is 5.32. The van der Waals surface area contributed by atoms with Crippen molar-refractivity contribution in [3.63, 3.8) is 0 Å². The standard InChI is InChI=1S/C13H20N4O2/c1-16-5-2-9(3-6-16)12(18)17-7-4-11-10(8-17)15-13(14)19-11/h9H,2-8H2,1H3,(H2,14,15). The zero-order valence-corrected chi connectivity index (χ0v) is 11.3. The second kappa shape index (κ2) is 4.85. The second-order valence-electron chi connectivity index (χ2n) is 5.51. The minimum absolute atomic E-state index is 0.169. The highest BCUT2D eigenvalue weighted by molar-refractivity contribution is 5.79. The number of piperidine rings is 1. The number of carbonyl (C=O) groups is 1. The highest BCUT2D eigenvalue weighted by atomic mass is 16.4. The lowest BCUT2D eigenvalue weighted by Gasteiger charge is -2.33. The minimum atomic E-state index is 0.169. The number of amides is 1. The Morgan fingerprint density at radius 3 is 2.84 bits per heavy atom. The van der Waals surface area contributed by atoms with Gasteiger partial charge in [0.1, 0.15) is 11.5 Å². The molecule has 2 N–H and O–H groups in total. The van der Waals surface area contributed by atoms with Crippen LogP contribution >= 0.6 is 0 Å². The molecule has 0 aromatic carbocycles. The number of hydrogen-bond donors (Lipinski definition) is 1. The van der Waals surface area contributed by atoms with E-state index in [1.54, 1.807) is 0 Å². The quantitative estimate of drug-likeness (QED) is 0.798. The van der Waals surface area contributed by atoms with Gasteiger partial charge in [0.25, 0.3) is 6.01 Å². The first-order valence-electron chi connectivity index (χ1n) is 6.85. The Kier molecular flexibility index (Phi) is 3.18. The van der Waals surface area contributed by atoms with Gasteiger partial charge in [0, 0.05) is 18.9 Å². The summed E-state index contributed by atoms with van der Waals surface area (Å²) in [5, 5.41) is 0. The molecular formula is C13H20N4O2. The maximum Gasteiger partial charge on any atom is 0.292 e. The number of oxazole rings is 1. The Morgan fingerprint density at radius 2 is 2.11 bits per heavy atom. The average molecular weight is 264 g/mol. The third-order valence-corrected chi connectivity index (χ3v) is 4.12. The molecule has 19 heavy (non-hydrogen) atoms. The van der Waals surface area contributed by atoms with Crippen LogP contribution in [0, 0.1) is 5.92 Å². The number of nitrogens with zero attached hydrogens (tertiary/aromatic N) is 3. The molecule has 0 unspecified atom stereocenters. The van der Waals surface area contributed by atoms with Crippen molar-refractivity contribution in [2.45, 2.75) is 25.8 Å². The smallest absolute Gasteiger partial charge is 0.292 e. The van der Waals surface area contributed by atoms with E-state index in [1.165, 1.54) is 0 Å². The van der Waals surface area contributed by atoms with Crippen LogP contribution in [0.1, 0.15) is 24.3 Å². The molecule has 0 aliphatic carbocycles. The highest BCUT2D eigenvalue weighted by Gasteiger charge is 2.31. The number of anilines is 1. The molecule has 1 amide bonds. The summed E-state index contributed by atoms with van der Waals surface area (Å²) in [6.45, 7) is 3.27. The monoisotopic (exact) mass is 264 g/mol. The molecule has 1 fully saturated rings. The van der Waals surface area contributed by atoms with E-state index in [0.29, 0.717) is 13.1 Å². The molecule has 2 aliphatic heterocycles. The fourth-order valence-corrected chi connectivity index (χ4v) is 2.92. The Bertz CT molecular complexity index is 477. The first-order valence-corrected chi connectivity index (χ1v) is 6.85. The summed E-state index contributed by atoms with van der Waals surface area (Å²) in [5.41, 5.74) is 6.38. The third-order valence-electron chi connectivity index (χ3n) is 4.12. The minimum Gasteiger partial charge on any atom is -0.428 e. The normalized spacial score (nSPS) is 21.4. The molecule has 0 saturated carbocycles. The topological polar surface area (TPSA) is 75.6 Å². The van der Waals surface area contributed by atoms with Gasteiger partial charge in [-0.15, -0.1) is 0 Å². The molecule has 0 radical (unpaired) electrons. The first kappa shape index (κ1) is 12.5. The molecule has 1 aromatic rings. The Balaban J connectivity index is 1.66. The highest BCUT2D eigenvalue weighted by Crippen LogP contribution is 2.25. The summed E-state index contributed by atoms with van der Waals surface area (Å²) in [6.07, 6.45) is 2.64. The van der Waals surface area contributed by atoms with Gasteiger partial charge in [-0.25, -0.2) is 0 Å². The van der Waals surface area contributed by atoms with Crippen molar-refractivity contribution in [3.05, 3.63) is 11.5 Å². The molecule has 0 bridgehead atoms. The fraction of sp³-hybridized carbons (Fsp3) is 0.692. The summed E-state index contributed by atoms with van der Waals surface area (Å²) in [6, 6.07) is 0.207. The number of nitrogens with two attached hydrogens (primary N) is 1. The van der Waals surface area contributed by atoms with Crippen LogP contribution in [-0.2, 0) is 17.8 Å². The van der Waals surface area contributed by atoms with Gasteiger partial charge < -0.3 is 20.0 Å². The van der Waals surface area contributed by atoms with Gasteiger partial charge in [-0.3, -0.25) is 4.79 Å². The predicted molar refractivity (Wildman–Crippen MR) is 70.3 cm³/mol. The van der Waals surface area contributed by atoms with E-state index < -0.39 is 0 Å². The average Bonchev–Trinajstić information content (AvgIpc) is 2.77. The number of fused-ring (bicyclic) bond motifs is 1. The van der Waals surface area contributed by atoms with Crippen LogP contribution in [0.5, 0.6) is 0 Å². The van der Waals surface area contributed by atoms with E-state index >= 15 is 0 Å². The number of carbonyl (C=O) groups excluding carboxylic acids is 1. The van der Waals surface area contributed by atoms with Crippen LogP contribution in [0.3, 0.4) is 0 Å². The van der Waals surface area contributed by atoms with Gasteiger partial charge in [-0.2, -0.15) is 4.98 Å². The van der Waals surface area contributed by atoms with Gasteiger partial charge in [-0.1, -0.05) is 0 Å². The molecule has 6 heteroatoms. The molecule has 3 heterocycles. The maximum absolute atomic E-state index is 12.5. The van der Waals surface area contributed by atoms with Crippen LogP contribution in [0.4, 0.5) is 6.01 Å². The number of nitrogen functional groups attached to an aromatic ring is 1. The van der Waals surface area contributed by atoms with E-state index in [1.807, 2.05) is 4.90 Å². The van der Waals surface area contributed by atoms with Gasteiger partial charge in [0.2, 0.25) is 5.91 Å². The van der Waals surface area contributed by atoms with Crippen molar-refractivity contribution < 1.29 is 9.21 Å². The summed E-state index contributed by atoms with van der Waals surface area (Å²) >= 11 is 0. The van der Waals surface area contributed by atoms with Crippen molar-refractivity contribution in [2.75, 3.05) is 32.4 Å². The van der Waals surface area contributed by atoms with Crippen molar-refractivity contribution in [1.29, 1.82) is 0 Å². The number of aromatic nitrogens is 1. The number of rotatable bonds is 1. The maximum atomic E-state index is 12.5. The SMILES string of the molecule is CN1CCC(C(=O)N2CCc3oc(N)nc3C2)CC1. The zero-order valence-electron chi connectivity index (χ0n) is 11.3. The Hall–Kier alpha value is -1.56. The fourth-order valence-electron chi connectivity index (χ4n) is 2.92. The van der Waals surface area contributed by atoms with Crippen LogP contribution < -0.4 is 5.73 Å². The van der Waals surface area contributed by atoms with Gasteiger partial charge in [0.15, 0.2) is 0 Å². The van der Waals surface area contributed by atoms with E-state index in [0.717, 1.165) is 43.8 Å². The second-order valence-corrected chi connectivity index (χ2v) is 5.51. The summed E-state index contributed by atoms with van der Waals surface area (Å²) in [4.78, 5) is 20.8. The van der Waals surface area contributed by atoms with Crippen molar-refractivity contribution in [1.82, 2.24) is 14.8 Å². The van der Waals surface area contributed by atoms with E-state index in [-0.39, 0.29) is 17.8 Å². The van der Waals surface area contributed by atoms with E-state index in [4.69, 9.17) is 10.2 Å². The lowest BCUT2D eigenvalue weighted by Crippen LogP contribution is -2.43. The molecule has 0 spiro atoms. The largest absolute Gasteiger partial charge is 0.428 e. The van der Waals surface area contributed by atoms with Gasteiger partial charge in [-0.05, 0) is 33.0 Å². The molecule has 2 aliphatic rings. The van der Waals surface area contributed by atoms with Crippen molar-refractivity contribution in [2.24, 2.45) is 5.92 Å². The molecular weight excluding hydrogens is 244 g/mol. The van der Waals surface area contributed by atoms with Gasteiger partial charge >= 0.3 is 0 Å². The first-order chi connectivity index (χ1) is 9.13. The summed E-state index contributed by atoms with van der Waals surface area (Å²) in [7, 11) is 2.10. The van der Waals surface area contributed by atoms with Crippen LogP contribution in [0.2, 0.25) is 0 Å². The van der Waals surface area contributed by atoms with Crippen LogP contribution in [0.25, 0.3) is 0 Å². The zero-order chi connectivity index (χ0) is 13.4. The van der Waals surface area contributed by atoms with Crippen molar-refractivity contribution >= 4 is 11.9 Å². The molecule has 0 atom stereocenters. The van der Waals surface area contributed by atoms with E-state index in [9.17, 15) is 4.79 Å². The lowest BCUT2D eigenvalue weighted by molar-refractivity contribution is -0.138. The molecule has 1 saturated heterocycles.